The molecule has 1 N–H and O–H groups in total. The van der Waals surface area contributed by atoms with Crippen LogP contribution in [0.15, 0.2) is 5.16 Å². The van der Waals surface area contributed by atoms with Gasteiger partial charge in [0.05, 0.1) is 5.69 Å². The van der Waals surface area contributed by atoms with Crippen LogP contribution < -0.4 is 0 Å². The molecule has 0 aliphatic carbocycles. The summed E-state index contributed by atoms with van der Waals surface area (Å²) in [5, 5.41) is 9.65. The lowest BCUT2D eigenvalue weighted by molar-refractivity contribution is 0.602. The van der Waals surface area contributed by atoms with E-state index in [1.165, 1.54) is 0 Å². The zero-order valence-corrected chi connectivity index (χ0v) is 11.1. The van der Waals surface area contributed by atoms with Crippen molar-refractivity contribution in [2.45, 2.75) is 24.9 Å². The van der Waals surface area contributed by atoms with Gasteiger partial charge in [0.1, 0.15) is 4.88 Å². The number of rotatable bonds is 4. The van der Waals surface area contributed by atoms with Gasteiger partial charge in [0.15, 0.2) is 5.82 Å². The van der Waals surface area contributed by atoms with Gasteiger partial charge in [0.25, 0.3) is 14.2 Å². The molecule has 2 aromatic heterocycles. The maximum absolute atomic E-state index is 11.0. The monoisotopic (exact) mass is 293 g/mol. The number of nitrogens with one attached hydrogen (secondary N) is 1. The highest BCUT2D eigenvalue weighted by Crippen LogP contribution is 2.24. The van der Waals surface area contributed by atoms with Crippen LogP contribution in [0.25, 0.3) is 10.7 Å². The summed E-state index contributed by atoms with van der Waals surface area (Å²) in [4.78, 5) is 4.47. The van der Waals surface area contributed by atoms with E-state index in [1.54, 1.807) is 0 Å². The highest BCUT2D eigenvalue weighted by atomic mass is 35.7. The van der Waals surface area contributed by atoms with Gasteiger partial charge in [-0.3, -0.25) is 0 Å². The Morgan fingerprint density at radius 2 is 2.24 bits per heavy atom. The lowest BCUT2D eigenvalue weighted by Crippen LogP contribution is -1.93. The van der Waals surface area contributed by atoms with Crippen molar-refractivity contribution in [1.82, 2.24) is 24.8 Å². The maximum atomic E-state index is 11.0. The minimum Gasteiger partial charge on any atom is -0.248 e. The van der Waals surface area contributed by atoms with E-state index in [4.69, 9.17) is 10.7 Å². The first-order valence-corrected chi connectivity index (χ1v) is 7.79. The molecule has 17 heavy (non-hydrogen) atoms. The standard InChI is InChI=1S/C7H8ClN5O2S2/c1-2-3-4-5(16-13-10-4)6-9-7(12-11-6)17(8,14)15/h2-3H2,1H3,(H,9,11,12). The molecule has 10 heteroatoms. The minimum absolute atomic E-state index is 0.252. The highest BCUT2D eigenvalue weighted by molar-refractivity contribution is 8.13. The van der Waals surface area contributed by atoms with E-state index in [0.29, 0.717) is 4.88 Å². The van der Waals surface area contributed by atoms with E-state index in [2.05, 4.69) is 24.8 Å². The predicted molar refractivity (Wildman–Crippen MR) is 62.3 cm³/mol. The molecule has 0 fully saturated rings. The third-order valence-electron chi connectivity index (χ3n) is 1.94. The smallest absolute Gasteiger partial charge is 0.248 e. The Labute approximate surface area is 106 Å². The Morgan fingerprint density at radius 3 is 2.82 bits per heavy atom. The van der Waals surface area contributed by atoms with Gasteiger partial charge in [-0.15, -0.1) is 5.10 Å². The molecule has 7 nitrogen and oxygen atoms in total. The van der Waals surface area contributed by atoms with Crippen molar-refractivity contribution in [1.29, 1.82) is 0 Å². The Bertz CT molecular complexity index is 620. The molecule has 2 heterocycles. The molecule has 0 unspecified atom stereocenters. The van der Waals surface area contributed by atoms with Crippen molar-refractivity contribution in [3.8, 4) is 10.7 Å². The molecule has 2 aromatic rings. The van der Waals surface area contributed by atoms with E-state index in [1.807, 2.05) is 6.92 Å². The fourth-order valence-electron chi connectivity index (χ4n) is 1.24. The van der Waals surface area contributed by atoms with E-state index in [9.17, 15) is 8.42 Å². The third-order valence-corrected chi connectivity index (χ3v) is 3.79. The summed E-state index contributed by atoms with van der Waals surface area (Å²) in [6.07, 6.45) is 1.65. The fraction of sp³-hybridized carbons (Fsp3) is 0.429. The summed E-state index contributed by atoms with van der Waals surface area (Å²) in [6, 6.07) is 0. The first-order chi connectivity index (χ1) is 8.02. The molecule has 0 saturated heterocycles. The summed E-state index contributed by atoms with van der Waals surface area (Å²) in [7, 11) is 1.25. The SMILES string of the molecule is CCCc1nnsc1-c1n[nH]c(S(=O)(=O)Cl)n1. The first kappa shape index (κ1) is 12.4. The molecule has 0 aliphatic rings. The van der Waals surface area contributed by atoms with E-state index in [-0.39, 0.29) is 11.0 Å². The Morgan fingerprint density at radius 1 is 1.47 bits per heavy atom. The summed E-state index contributed by atoms with van der Waals surface area (Å²) in [5.41, 5.74) is 0.759. The lowest BCUT2D eigenvalue weighted by atomic mass is 10.2. The maximum Gasteiger partial charge on any atom is 0.296 e. The first-order valence-electron chi connectivity index (χ1n) is 4.71. The summed E-state index contributed by atoms with van der Waals surface area (Å²) in [6.45, 7) is 2.01. The van der Waals surface area contributed by atoms with Crippen molar-refractivity contribution in [2.75, 3.05) is 0 Å². The Hall–Kier alpha value is -1.06. The molecule has 0 atom stereocenters. The van der Waals surface area contributed by atoms with Crippen LogP contribution in [-0.4, -0.2) is 33.2 Å². The van der Waals surface area contributed by atoms with E-state index < -0.39 is 9.05 Å². The molecule has 0 aromatic carbocycles. The molecule has 0 aliphatic heterocycles. The third kappa shape index (κ3) is 2.61. The fourth-order valence-corrected chi connectivity index (χ4v) is 2.44. The van der Waals surface area contributed by atoms with Crippen molar-refractivity contribution in [3.05, 3.63) is 5.69 Å². The number of aryl methyl sites for hydroxylation is 1. The molecular weight excluding hydrogens is 286 g/mol. The molecule has 2 rings (SSSR count). The van der Waals surface area contributed by atoms with Crippen LogP contribution in [0.4, 0.5) is 0 Å². The second-order valence-corrected chi connectivity index (χ2v) is 6.44. The largest absolute Gasteiger partial charge is 0.296 e. The van der Waals surface area contributed by atoms with Gasteiger partial charge in [0, 0.05) is 10.7 Å². The number of aromatic nitrogens is 5. The molecule has 0 amide bonds. The van der Waals surface area contributed by atoms with Gasteiger partial charge in [-0.25, -0.2) is 13.5 Å². The molecular formula is C7H8ClN5O2S2. The van der Waals surface area contributed by atoms with Crippen molar-refractivity contribution in [2.24, 2.45) is 0 Å². The van der Waals surface area contributed by atoms with Crippen molar-refractivity contribution in [3.63, 3.8) is 0 Å². The average molecular weight is 294 g/mol. The van der Waals surface area contributed by atoms with E-state index in [0.717, 1.165) is 30.1 Å². The van der Waals surface area contributed by atoms with Crippen molar-refractivity contribution < 1.29 is 8.42 Å². The number of halogens is 1. The van der Waals surface area contributed by atoms with Crippen LogP contribution in [0, 0.1) is 0 Å². The van der Waals surface area contributed by atoms with Gasteiger partial charge < -0.3 is 0 Å². The predicted octanol–water partition coefficient (Wildman–Crippen LogP) is 1.20. The van der Waals surface area contributed by atoms with Crippen LogP contribution in [-0.2, 0) is 15.5 Å². The van der Waals surface area contributed by atoms with Gasteiger partial charge in [-0.2, -0.15) is 10.1 Å². The molecule has 92 valence electrons. The number of aromatic amines is 1. The lowest BCUT2D eigenvalue weighted by Gasteiger charge is -1.92. The number of hydrogen-bond acceptors (Lipinski definition) is 7. The van der Waals surface area contributed by atoms with Crippen LogP contribution >= 0.6 is 22.2 Å². The molecule has 0 saturated carbocycles. The number of hydrogen-bond donors (Lipinski definition) is 1. The normalized spacial score (nSPS) is 11.9. The van der Waals surface area contributed by atoms with Crippen LogP contribution in [0.3, 0.4) is 0 Å². The summed E-state index contributed by atoms with van der Waals surface area (Å²) >= 11 is 1.12. The van der Waals surface area contributed by atoms with Gasteiger partial charge in [0.2, 0.25) is 0 Å². The Balaban J connectivity index is 2.40. The highest BCUT2D eigenvalue weighted by Gasteiger charge is 2.20. The molecule has 0 bridgehead atoms. The summed E-state index contributed by atoms with van der Waals surface area (Å²) < 4.78 is 25.9. The number of nitrogens with zero attached hydrogens (tertiary/aromatic N) is 4. The van der Waals surface area contributed by atoms with Crippen LogP contribution in [0.1, 0.15) is 19.0 Å². The Kier molecular flexibility index (Phi) is 3.40. The average Bonchev–Trinajstić information content (AvgIpc) is 2.82. The summed E-state index contributed by atoms with van der Waals surface area (Å²) in [5.74, 6) is 0.252. The zero-order valence-electron chi connectivity index (χ0n) is 8.71. The zero-order chi connectivity index (χ0) is 12.5. The van der Waals surface area contributed by atoms with Crippen molar-refractivity contribution >= 4 is 31.3 Å². The van der Waals surface area contributed by atoms with Crippen LogP contribution in [0.5, 0.6) is 0 Å². The second kappa shape index (κ2) is 4.67. The van der Waals surface area contributed by atoms with Gasteiger partial charge >= 0.3 is 0 Å². The number of H-pyrrole nitrogens is 1. The second-order valence-electron chi connectivity index (χ2n) is 3.20. The van der Waals surface area contributed by atoms with Gasteiger partial charge in [-0.1, -0.05) is 17.8 Å². The van der Waals surface area contributed by atoms with Crippen LogP contribution in [0.2, 0.25) is 0 Å². The van der Waals surface area contributed by atoms with E-state index >= 15 is 0 Å². The molecule has 0 radical (unpaired) electrons. The minimum atomic E-state index is -3.89. The molecule has 0 spiro atoms. The van der Waals surface area contributed by atoms with Gasteiger partial charge in [-0.05, 0) is 18.0 Å². The quantitative estimate of drug-likeness (QED) is 0.850. The topological polar surface area (TPSA) is 101 Å².